The normalized spacial score (nSPS) is 26.7. The summed E-state index contributed by atoms with van der Waals surface area (Å²) in [6.07, 6.45) is 5.27. The van der Waals surface area contributed by atoms with E-state index in [0.29, 0.717) is 23.2 Å². The van der Waals surface area contributed by atoms with E-state index in [1.165, 1.54) is 12.1 Å². The Hall–Kier alpha value is -3.11. The molecule has 4 aliphatic rings. The van der Waals surface area contributed by atoms with Crippen LogP contribution < -0.4 is 20.1 Å². The van der Waals surface area contributed by atoms with Crippen molar-refractivity contribution < 1.29 is 27.5 Å². The van der Waals surface area contributed by atoms with Gasteiger partial charge < -0.3 is 15.4 Å². The Bertz CT molecular complexity index is 1430. The van der Waals surface area contributed by atoms with E-state index in [9.17, 15) is 22.8 Å². The maximum atomic E-state index is 13.6. The van der Waals surface area contributed by atoms with E-state index in [1.54, 1.807) is 50.2 Å². The molecule has 4 bridgehead atoms. The molecule has 41 heavy (non-hydrogen) atoms. The van der Waals surface area contributed by atoms with Crippen LogP contribution in [0.3, 0.4) is 0 Å². The standard InChI is InChI=1S/C30H36ClN3O6S/c1-29(2,40-24-10-8-23(31)9-11-24)27(36)33-25-21-12-19-13-22(25)16-30(14-19,15-21)28(37)32-17-18-4-6-20(7-5-18)26(35)34-41(3,38)39/h4-11,19,21-22,25H,12-17H2,1-3H3,(H,32,37)(H,33,36)(H,34,35). The molecule has 220 valence electrons. The summed E-state index contributed by atoms with van der Waals surface area (Å²) in [7, 11) is -3.65. The highest BCUT2D eigenvalue weighted by molar-refractivity contribution is 7.89. The molecule has 4 aliphatic carbocycles. The van der Waals surface area contributed by atoms with Crippen molar-refractivity contribution in [1.82, 2.24) is 15.4 Å². The molecule has 3 N–H and O–H groups in total. The molecule has 6 rings (SSSR count). The monoisotopic (exact) mass is 601 g/mol. The molecule has 0 aromatic heterocycles. The molecule has 2 unspecified atom stereocenters. The molecule has 0 spiro atoms. The number of rotatable bonds is 9. The largest absolute Gasteiger partial charge is 0.478 e. The van der Waals surface area contributed by atoms with Gasteiger partial charge in [0.15, 0.2) is 5.60 Å². The summed E-state index contributed by atoms with van der Waals surface area (Å²) in [6.45, 7) is 3.82. The number of benzene rings is 2. The number of carbonyl (C=O) groups excluding carboxylic acids is 3. The van der Waals surface area contributed by atoms with E-state index in [2.05, 4.69) is 10.6 Å². The third-order valence-electron chi connectivity index (χ3n) is 8.73. The van der Waals surface area contributed by atoms with Crippen LogP contribution in [0.4, 0.5) is 0 Å². The average Bonchev–Trinajstić information content (AvgIpc) is 2.89. The van der Waals surface area contributed by atoms with Crippen LogP contribution in [-0.4, -0.2) is 44.0 Å². The Labute approximate surface area is 245 Å². The third-order valence-corrected chi connectivity index (χ3v) is 9.54. The number of amides is 3. The van der Waals surface area contributed by atoms with Crippen molar-refractivity contribution in [3.05, 3.63) is 64.7 Å². The lowest BCUT2D eigenvalue weighted by Gasteiger charge is -2.59. The van der Waals surface area contributed by atoms with Gasteiger partial charge in [0.05, 0.1) is 11.7 Å². The lowest BCUT2D eigenvalue weighted by Crippen LogP contribution is -2.64. The highest BCUT2D eigenvalue weighted by Gasteiger charge is 2.59. The van der Waals surface area contributed by atoms with Crippen molar-refractivity contribution in [3.63, 3.8) is 0 Å². The van der Waals surface area contributed by atoms with Gasteiger partial charge in [0.1, 0.15) is 5.75 Å². The lowest BCUT2D eigenvalue weighted by molar-refractivity contribution is -0.152. The van der Waals surface area contributed by atoms with Gasteiger partial charge in [-0.25, -0.2) is 13.1 Å². The van der Waals surface area contributed by atoms with E-state index >= 15 is 0 Å². The fraction of sp³-hybridized carbons (Fsp3) is 0.500. The number of halogens is 1. The van der Waals surface area contributed by atoms with Crippen LogP contribution in [0.2, 0.25) is 5.02 Å². The first-order chi connectivity index (χ1) is 19.2. The van der Waals surface area contributed by atoms with Gasteiger partial charge in [0.2, 0.25) is 15.9 Å². The van der Waals surface area contributed by atoms with E-state index in [0.717, 1.165) is 43.9 Å². The predicted octanol–water partition coefficient (Wildman–Crippen LogP) is 3.81. The minimum absolute atomic E-state index is 0.0127. The van der Waals surface area contributed by atoms with E-state index in [4.69, 9.17) is 16.3 Å². The van der Waals surface area contributed by atoms with Crippen molar-refractivity contribution >= 4 is 39.3 Å². The zero-order valence-electron chi connectivity index (χ0n) is 23.4. The summed E-state index contributed by atoms with van der Waals surface area (Å²) in [4.78, 5) is 38.9. The van der Waals surface area contributed by atoms with Gasteiger partial charge >= 0.3 is 0 Å². The van der Waals surface area contributed by atoms with Crippen molar-refractivity contribution in [2.24, 2.45) is 23.2 Å². The van der Waals surface area contributed by atoms with Crippen molar-refractivity contribution in [2.45, 2.75) is 64.1 Å². The van der Waals surface area contributed by atoms with Crippen molar-refractivity contribution in [2.75, 3.05) is 6.26 Å². The van der Waals surface area contributed by atoms with E-state index < -0.39 is 26.9 Å². The van der Waals surface area contributed by atoms with Crippen molar-refractivity contribution in [3.8, 4) is 5.75 Å². The highest BCUT2D eigenvalue weighted by Crippen LogP contribution is 2.60. The molecule has 4 saturated carbocycles. The zero-order chi connectivity index (χ0) is 29.6. The van der Waals surface area contributed by atoms with Gasteiger partial charge in [-0.3, -0.25) is 14.4 Å². The Morgan fingerprint density at radius 3 is 2.17 bits per heavy atom. The molecule has 3 amide bonds. The Morgan fingerprint density at radius 1 is 0.976 bits per heavy atom. The van der Waals surface area contributed by atoms with Crippen LogP contribution in [0.5, 0.6) is 5.75 Å². The van der Waals surface area contributed by atoms with Crippen LogP contribution in [0, 0.1) is 23.2 Å². The molecule has 4 fully saturated rings. The summed E-state index contributed by atoms with van der Waals surface area (Å²) >= 11 is 5.97. The predicted molar refractivity (Wildman–Crippen MR) is 155 cm³/mol. The Morgan fingerprint density at radius 2 is 1.59 bits per heavy atom. The molecule has 2 atom stereocenters. The molecule has 11 heteroatoms. The maximum Gasteiger partial charge on any atom is 0.264 e. The van der Waals surface area contributed by atoms with E-state index in [1.807, 2.05) is 4.72 Å². The van der Waals surface area contributed by atoms with Gasteiger partial charge in [-0.1, -0.05) is 23.7 Å². The molecule has 0 aliphatic heterocycles. The lowest BCUT2D eigenvalue weighted by atomic mass is 9.47. The zero-order valence-corrected chi connectivity index (χ0v) is 25.0. The number of ether oxygens (including phenoxy) is 1. The second-order valence-electron chi connectivity index (χ2n) is 12.4. The molecule has 9 nitrogen and oxygen atoms in total. The van der Waals surface area contributed by atoms with Gasteiger partial charge in [-0.15, -0.1) is 0 Å². The van der Waals surface area contributed by atoms with Gasteiger partial charge in [-0.05, 0) is 106 Å². The molecule has 2 aromatic carbocycles. The van der Waals surface area contributed by atoms with Crippen molar-refractivity contribution in [1.29, 1.82) is 0 Å². The van der Waals surface area contributed by atoms with E-state index in [-0.39, 0.29) is 35.3 Å². The molecular formula is C30H36ClN3O6S. The Kier molecular flexibility index (Phi) is 7.84. The fourth-order valence-electron chi connectivity index (χ4n) is 7.08. The topological polar surface area (TPSA) is 131 Å². The number of nitrogens with one attached hydrogen (secondary N) is 3. The summed E-state index contributed by atoms with van der Waals surface area (Å²) in [5.41, 5.74) is -0.477. The first kappa shape index (κ1) is 29.4. The van der Waals surface area contributed by atoms with Crippen LogP contribution in [0.15, 0.2) is 48.5 Å². The fourth-order valence-corrected chi connectivity index (χ4v) is 7.66. The van der Waals surface area contributed by atoms with Crippen LogP contribution in [0.1, 0.15) is 61.9 Å². The van der Waals surface area contributed by atoms with Gasteiger partial charge in [-0.2, -0.15) is 0 Å². The summed E-state index contributed by atoms with van der Waals surface area (Å²) in [5, 5.41) is 6.98. The Balaban J connectivity index is 1.19. The van der Waals surface area contributed by atoms with Crippen LogP contribution in [0.25, 0.3) is 0 Å². The molecular weight excluding hydrogens is 566 g/mol. The number of sulfonamides is 1. The molecule has 0 saturated heterocycles. The summed E-state index contributed by atoms with van der Waals surface area (Å²) < 4.78 is 30.6. The number of carbonyl (C=O) groups is 3. The second kappa shape index (κ2) is 10.9. The first-order valence-corrected chi connectivity index (χ1v) is 16.1. The molecule has 0 radical (unpaired) electrons. The molecule has 0 heterocycles. The molecule has 2 aromatic rings. The maximum absolute atomic E-state index is 13.6. The highest BCUT2D eigenvalue weighted by atomic mass is 35.5. The quantitative estimate of drug-likeness (QED) is 0.401. The summed E-state index contributed by atoms with van der Waals surface area (Å²) in [6, 6.07) is 13.4. The summed E-state index contributed by atoms with van der Waals surface area (Å²) in [5.74, 6) is 0.673. The minimum Gasteiger partial charge on any atom is -0.478 e. The smallest absolute Gasteiger partial charge is 0.264 e. The third kappa shape index (κ3) is 6.54. The van der Waals surface area contributed by atoms with Crippen LogP contribution >= 0.6 is 11.6 Å². The average molecular weight is 602 g/mol. The van der Waals surface area contributed by atoms with Gasteiger partial charge in [0.25, 0.3) is 11.8 Å². The first-order valence-electron chi connectivity index (χ1n) is 13.9. The van der Waals surface area contributed by atoms with Crippen LogP contribution in [-0.2, 0) is 26.2 Å². The number of hydrogen-bond donors (Lipinski definition) is 3. The SMILES string of the molecule is CC(C)(Oc1ccc(Cl)cc1)C(=O)NC1C2CC3CC1CC(C(=O)NCc1ccc(C(=O)NS(C)(=O)=O)cc1)(C3)C2. The number of hydrogen-bond acceptors (Lipinski definition) is 6. The van der Waals surface area contributed by atoms with Gasteiger partial charge in [0, 0.05) is 23.2 Å². The minimum atomic E-state index is -3.65. The second-order valence-corrected chi connectivity index (χ2v) is 14.6.